The van der Waals surface area contributed by atoms with Gasteiger partial charge >= 0.3 is 0 Å². The summed E-state index contributed by atoms with van der Waals surface area (Å²) in [6, 6.07) is 15.7. The van der Waals surface area contributed by atoms with E-state index in [1.165, 1.54) is 11.1 Å². The van der Waals surface area contributed by atoms with Gasteiger partial charge in [0, 0.05) is 13.5 Å². The van der Waals surface area contributed by atoms with E-state index >= 15 is 0 Å². The molecule has 1 aliphatic heterocycles. The third-order valence-electron chi connectivity index (χ3n) is 4.59. The van der Waals surface area contributed by atoms with Crippen molar-refractivity contribution in [1.82, 2.24) is 5.32 Å². The first-order valence-electron chi connectivity index (χ1n) is 8.91. The third kappa shape index (κ3) is 4.04. The number of rotatable bonds is 5. The summed E-state index contributed by atoms with van der Waals surface area (Å²) in [6.45, 7) is 2.30. The zero-order valence-electron chi connectivity index (χ0n) is 15.2. The minimum Gasteiger partial charge on any atom is -0.477 e. The quantitative estimate of drug-likeness (QED) is 0.900. The predicted molar refractivity (Wildman–Crippen MR) is 101 cm³/mol. The number of anilines is 1. The van der Waals surface area contributed by atoms with E-state index < -0.39 is 6.10 Å². The van der Waals surface area contributed by atoms with Crippen molar-refractivity contribution in [1.29, 1.82) is 0 Å². The Bertz CT molecular complexity index is 786. The minimum absolute atomic E-state index is 0.0155. The first kappa shape index (κ1) is 18.0. The van der Waals surface area contributed by atoms with Gasteiger partial charge in [-0.1, -0.05) is 42.0 Å². The van der Waals surface area contributed by atoms with E-state index in [1.54, 1.807) is 18.0 Å². The molecule has 26 heavy (non-hydrogen) atoms. The molecule has 3 rings (SSSR count). The molecule has 0 bridgehead atoms. The Morgan fingerprint density at radius 2 is 1.88 bits per heavy atom. The average molecular weight is 352 g/mol. The average Bonchev–Trinajstić information content (AvgIpc) is 2.67. The van der Waals surface area contributed by atoms with Crippen LogP contribution in [0.25, 0.3) is 0 Å². The van der Waals surface area contributed by atoms with Crippen LogP contribution in [-0.4, -0.2) is 31.5 Å². The number of likely N-dealkylation sites (N-methyl/N-ethyl adjacent to an activating group) is 1. The maximum Gasteiger partial charge on any atom is 0.262 e. The summed E-state index contributed by atoms with van der Waals surface area (Å²) in [7, 11) is 1.57. The first-order chi connectivity index (χ1) is 12.6. The Morgan fingerprint density at radius 1 is 1.15 bits per heavy atom. The molecule has 1 heterocycles. The van der Waals surface area contributed by atoms with E-state index in [-0.39, 0.29) is 18.4 Å². The number of hydrogen-bond donors (Lipinski definition) is 1. The van der Waals surface area contributed by atoms with Crippen LogP contribution in [0.2, 0.25) is 0 Å². The number of amides is 2. The van der Waals surface area contributed by atoms with Crippen LogP contribution in [0.15, 0.2) is 48.5 Å². The van der Waals surface area contributed by atoms with Gasteiger partial charge in [0.1, 0.15) is 5.75 Å². The Morgan fingerprint density at radius 3 is 2.62 bits per heavy atom. The lowest BCUT2D eigenvalue weighted by molar-refractivity contribution is -0.127. The monoisotopic (exact) mass is 352 g/mol. The van der Waals surface area contributed by atoms with Gasteiger partial charge in [-0.15, -0.1) is 0 Å². The van der Waals surface area contributed by atoms with Gasteiger partial charge in [-0.3, -0.25) is 9.59 Å². The highest BCUT2D eigenvalue weighted by atomic mass is 16.5. The molecule has 1 atom stereocenters. The highest BCUT2D eigenvalue weighted by molar-refractivity contribution is 5.97. The maximum atomic E-state index is 12.8. The largest absolute Gasteiger partial charge is 0.477 e. The van der Waals surface area contributed by atoms with Gasteiger partial charge in [0.15, 0.2) is 6.10 Å². The van der Waals surface area contributed by atoms with E-state index in [0.29, 0.717) is 12.2 Å². The molecule has 1 N–H and O–H groups in total. The molecule has 2 amide bonds. The van der Waals surface area contributed by atoms with Crippen LogP contribution in [0.5, 0.6) is 5.75 Å². The van der Waals surface area contributed by atoms with Crippen LogP contribution >= 0.6 is 0 Å². The molecule has 0 fully saturated rings. The molecule has 2 aromatic carbocycles. The number of nitrogens with one attached hydrogen (secondary N) is 1. The number of ether oxygens (including phenoxy) is 1. The SMILES string of the molecule is CNC(=O)[C@@H]1CN(C(=O)CCCc2ccc(C)cc2)c2ccccc2O1. The maximum absolute atomic E-state index is 12.8. The first-order valence-corrected chi connectivity index (χ1v) is 8.91. The van der Waals surface area contributed by atoms with Crippen molar-refractivity contribution >= 4 is 17.5 Å². The molecule has 5 heteroatoms. The molecule has 0 spiro atoms. The van der Waals surface area contributed by atoms with E-state index in [9.17, 15) is 9.59 Å². The highest BCUT2D eigenvalue weighted by Gasteiger charge is 2.32. The molecule has 0 aromatic heterocycles. The van der Waals surface area contributed by atoms with Crippen molar-refractivity contribution in [3.63, 3.8) is 0 Å². The van der Waals surface area contributed by atoms with Crippen LogP contribution in [0.1, 0.15) is 24.0 Å². The summed E-state index contributed by atoms with van der Waals surface area (Å²) in [5.41, 5.74) is 3.19. The molecule has 1 aliphatic rings. The van der Waals surface area contributed by atoms with Gasteiger partial charge in [0.2, 0.25) is 5.91 Å². The van der Waals surface area contributed by atoms with E-state index in [4.69, 9.17) is 4.74 Å². The molecule has 5 nitrogen and oxygen atoms in total. The second-order valence-electron chi connectivity index (χ2n) is 6.53. The lowest BCUT2D eigenvalue weighted by atomic mass is 10.1. The Balaban J connectivity index is 1.66. The highest BCUT2D eigenvalue weighted by Crippen LogP contribution is 2.33. The Labute approximate surface area is 154 Å². The van der Waals surface area contributed by atoms with Crippen molar-refractivity contribution in [2.24, 2.45) is 0 Å². The second kappa shape index (κ2) is 8.04. The molecule has 136 valence electrons. The molecule has 2 aromatic rings. The number of nitrogens with zero attached hydrogens (tertiary/aromatic N) is 1. The zero-order chi connectivity index (χ0) is 18.5. The van der Waals surface area contributed by atoms with Crippen molar-refractivity contribution in [2.45, 2.75) is 32.3 Å². The summed E-state index contributed by atoms with van der Waals surface area (Å²) in [6.07, 6.45) is 1.38. The Hall–Kier alpha value is -2.82. The number of carbonyl (C=O) groups is 2. The van der Waals surface area contributed by atoms with Crippen molar-refractivity contribution in [2.75, 3.05) is 18.5 Å². The van der Waals surface area contributed by atoms with Crippen LogP contribution in [-0.2, 0) is 16.0 Å². The van der Waals surface area contributed by atoms with E-state index in [1.807, 2.05) is 18.2 Å². The molecular formula is C21H24N2O3. The number of carbonyl (C=O) groups excluding carboxylic acids is 2. The number of benzene rings is 2. The lowest BCUT2D eigenvalue weighted by Crippen LogP contribution is -2.50. The predicted octanol–water partition coefficient (Wildman–Crippen LogP) is 2.86. The second-order valence-corrected chi connectivity index (χ2v) is 6.53. The summed E-state index contributed by atoms with van der Waals surface area (Å²) >= 11 is 0. The molecule has 0 unspecified atom stereocenters. The molecule has 0 radical (unpaired) electrons. The van der Waals surface area contributed by atoms with Crippen molar-refractivity contribution in [3.05, 3.63) is 59.7 Å². The summed E-state index contributed by atoms with van der Waals surface area (Å²) < 4.78 is 5.74. The smallest absolute Gasteiger partial charge is 0.262 e. The summed E-state index contributed by atoms with van der Waals surface area (Å²) in [5, 5.41) is 2.59. The van der Waals surface area contributed by atoms with Crippen LogP contribution in [0.4, 0.5) is 5.69 Å². The number of fused-ring (bicyclic) bond motifs is 1. The van der Waals surface area contributed by atoms with Crippen LogP contribution < -0.4 is 15.0 Å². The molecule has 0 saturated carbocycles. The Kier molecular flexibility index (Phi) is 5.56. The van der Waals surface area contributed by atoms with Gasteiger partial charge in [-0.2, -0.15) is 0 Å². The van der Waals surface area contributed by atoms with Crippen molar-refractivity contribution < 1.29 is 14.3 Å². The topological polar surface area (TPSA) is 58.6 Å². The fraction of sp³-hybridized carbons (Fsp3) is 0.333. The standard InChI is InChI=1S/C21H24N2O3/c1-15-10-12-16(13-11-15)6-5-9-20(24)23-14-19(21(25)22-2)26-18-8-4-3-7-17(18)23/h3-4,7-8,10-13,19H,5-6,9,14H2,1-2H3,(H,22,25)/t19-/m0/s1. The fourth-order valence-electron chi connectivity index (χ4n) is 3.10. The van der Waals surface area contributed by atoms with Gasteiger partial charge < -0.3 is 15.0 Å². The van der Waals surface area contributed by atoms with Crippen molar-refractivity contribution in [3.8, 4) is 5.75 Å². The lowest BCUT2D eigenvalue weighted by Gasteiger charge is -2.34. The number of para-hydroxylation sites is 2. The van der Waals surface area contributed by atoms with Gasteiger partial charge in [-0.05, 0) is 37.5 Å². The van der Waals surface area contributed by atoms with Gasteiger partial charge in [0.05, 0.1) is 12.2 Å². The van der Waals surface area contributed by atoms with Crippen LogP contribution in [0, 0.1) is 6.92 Å². The molecule has 0 aliphatic carbocycles. The minimum atomic E-state index is -0.684. The normalized spacial score (nSPS) is 15.8. The summed E-state index contributed by atoms with van der Waals surface area (Å²) in [5.74, 6) is 0.359. The molecule has 0 saturated heterocycles. The number of aryl methyl sites for hydroxylation is 2. The van der Waals surface area contributed by atoms with Crippen LogP contribution in [0.3, 0.4) is 0 Å². The zero-order valence-corrected chi connectivity index (χ0v) is 15.2. The molecular weight excluding hydrogens is 328 g/mol. The van der Waals surface area contributed by atoms with E-state index in [2.05, 4.69) is 36.5 Å². The summed E-state index contributed by atoms with van der Waals surface area (Å²) in [4.78, 5) is 26.5. The van der Waals surface area contributed by atoms with Gasteiger partial charge in [-0.25, -0.2) is 0 Å². The third-order valence-corrected chi connectivity index (χ3v) is 4.59. The number of hydrogen-bond acceptors (Lipinski definition) is 3. The fourth-order valence-corrected chi connectivity index (χ4v) is 3.10. The van der Waals surface area contributed by atoms with E-state index in [0.717, 1.165) is 18.5 Å². The van der Waals surface area contributed by atoms with Gasteiger partial charge in [0.25, 0.3) is 5.91 Å².